The number of anilines is 2. The van der Waals surface area contributed by atoms with Crippen molar-refractivity contribution in [2.75, 3.05) is 50.8 Å². The number of aliphatic hydroxyl groups is 1. The van der Waals surface area contributed by atoms with Crippen LogP contribution >= 0.6 is 0 Å². The van der Waals surface area contributed by atoms with Crippen LogP contribution < -0.4 is 24.8 Å². The molecule has 0 unspecified atom stereocenters. The quantitative estimate of drug-likeness (QED) is 0.290. The van der Waals surface area contributed by atoms with E-state index in [1.165, 1.54) is 16.3 Å². The lowest BCUT2D eigenvalue weighted by Crippen LogP contribution is -2.48. The Hall–Kier alpha value is -4.38. The Labute approximate surface area is 298 Å². The van der Waals surface area contributed by atoms with E-state index in [-0.39, 0.29) is 60.4 Å². The van der Waals surface area contributed by atoms with Crippen LogP contribution in [0.2, 0.25) is 0 Å². The number of urea groups is 1. The number of amides is 3. The minimum absolute atomic E-state index is 0.00570. The first kappa shape index (κ1) is 37.9. The average molecular weight is 730 g/mol. The highest BCUT2D eigenvalue weighted by Gasteiger charge is 2.34. The molecule has 0 fully saturated rings. The second-order valence-corrected chi connectivity index (χ2v) is 15.1. The van der Waals surface area contributed by atoms with Gasteiger partial charge in [-0.25, -0.2) is 13.2 Å². The van der Waals surface area contributed by atoms with Crippen molar-refractivity contribution in [3.63, 3.8) is 0 Å². The summed E-state index contributed by atoms with van der Waals surface area (Å²) in [5.41, 5.74) is 1.29. The highest BCUT2D eigenvalue weighted by Crippen LogP contribution is 2.34. The fourth-order valence-corrected chi connectivity index (χ4v) is 7.55. The maximum Gasteiger partial charge on any atom is 0.323 e. The second-order valence-electron chi connectivity index (χ2n) is 13.1. The number of hydrogen-bond acceptors (Lipinski definition) is 11. The van der Waals surface area contributed by atoms with Crippen molar-refractivity contribution in [2.24, 2.45) is 5.92 Å². The van der Waals surface area contributed by atoms with Gasteiger partial charge in [0.15, 0.2) is 17.3 Å². The molecule has 3 aromatic rings. The van der Waals surface area contributed by atoms with Crippen molar-refractivity contribution in [1.82, 2.24) is 14.4 Å². The van der Waals surface area contributed by atoms with Gasteiger partial charge < -0.3 is 44.1 Å². The molecule has 51 heavy (non-hydrogen) atoms. The third-order valence-electron chi connectivity index (χ3n) is 9.01. The number of aryl methyl sites for hydroxylation is 2. The van der Waals surface area contributed by atoms with Crippen LogP contribution in [0.25, 0.3) is 0 Å². The number of carbonyl (C=O) groups is 2. The smallest absolute Gasteiger partial charge is 0.323 e. The fraction of sp³-hybridized carbons (Fsp3) is 0.514. The standard InChI is InChI=1S/C35H47N5O10S/c1-21-17-40(22(2)19-41)34(42)28-15-26(36-35(43)37-27-11-13-30-31(16-27)48-20-47-30)10-12-29(28)49-23(3)9-7-8-14-46-32(21)18-39(6)51(44,45)33-24(4)38-50-25(33)5/h10-13,15-16,21-23,32,41H,7-9,14,17-20H2,1-6H3,(H2,36,37,43)/t21-,22+,23+,32-/m0/s1. The lowest BCUT2D eigenvalue weighted by Gasteiger charge is -2.35. The van der Waals surface area contributed by atoms with Crippen molar-refractivity contribution in [2.45, 2.75) is 77.0 Å². The molecule has 0 spiro atoms. The van der Waals surface area contributed by atoms with E-state index in [4.69, 9.17) is 23.5 Å². The van der Waals surface area contributed by atoms with Crippen LogP contribution in [-0.4, -0.2) is 98.2 Å². The van der Waals surface area contributed by atoms with E-state index in [2.05, 4.69) is 15.8 Å². The summed E-state index contributed by atoms with van der Waals surface area (Å²) in [4.78, 5) is 29.0. The molecule has 1 aromatic heterocycles. The number of hydrogen-bond donors (Lipinski definition) is 3. The Morgan fingerprint density at radius 1 is 1.06 bits per heavy atom. The minimum atomic E-state index is -3.96. The van der Waals surface area contributed by atoms with Crippen molar-refractivity contribution in [3.8, 4) is 17.2 Å². The van der Waals surface area contributed by atoms with Gasteiger partial charge in [-0.15, -0.1) is 0 Å². The third kappa shape index (κ3) is 8.92. The van der Waals surface area contributed by atoms with Gasteiger partial charge in [-0.1, -0.05) is 12.1 Å². The summed E-state index contributed by atoms with van der Waals surface area (Å²) in [5, 5.41) is 19.6. The lowest BCUT2D eigenvalue weighted by atomic mass is 10.0. The van der Waals surface area contributed by atoms with Crippen LogP contribution in [0.5, 0.6) is 17.2 Å². The molecule has 0 bridgehead atoms. The molecule has 15 nitrogen and oxygen atoms in total. The maximum atomic E-state index is 14.4. The van der Waals surface area contributed by atoms with Gasteiger partial charge in [0.1, 0.15) is 16.3 Å². The van der Waals surface area contributed by atoms with E-state index in [1.54, 1.807) is 57.2 Å². The molecule has 0 saturated carbocycles. The molecule has 4 atom stereocenters. The number of fused-ring (bicyclic) bond motifs is 2. The summed E-state index contributed by atoms with van der Waals surface area (Å²) in [5.74, 6) is 0.838. The second kappa shape index (κ2) is 16.3. The summed E-state index contributed by atoms with van der Waals surface area (Å²) < 4.78 is 56.9. The summed E-state index contributed by atoms with van der Waals surface area (Å²) >= 11 is 0. The van der Waals surface area contributed by atoms with Gasteiger partial charge in [0.05, 0.1) is 30.4 Å². The van der Waals surface area contributed by atoms with Crippen molar-refractivity contribution in [1.29, 1.82) is 0 Å². The highest BCUT2D eigenvalue weighted by atomic mass is 32.2. The number of aromatic nitrogens is 1. The fourth-order valence-electron chi connectivity index (χ4n) is 6.08. The molecule has 0 aliphatic carbocycles. The van der Waals surface area contributed by atoms with Crippen molar-refractivity contribution in [3.05, 3.63) is 53.4 Å². The Bertz CT molecular complexity index is 1800. The minimum Gasteiger partial charge on any atom is -0.490 e. The number of benzene rings is 2. The Morgan fingerprint density at radius 3 is 2.43 bits per heavy atom. The van der Waals surface area contributed by atoms with Gasteiger partial charge in [-0.05, 0) is 77.3 Å². The maximum absolute atomic E-state index is 14.4. The Balaban J connectivity index is 1.40. The predicted molar refractivity (Wildman–Crippen MR) is 188 cm³/mol. The lowest BCUT2D eigenvalue weighted by molar-refractivity contribution is -0.00835. The monoisotopic (exact) mass is 729 g/mol. The van der Waals surface area contributed by atoms with Crippen LogP contribution in [0, 0.1) is 19.8 Å². The zero-order valence-corrected chi connectivity index (χ0v) is 30.6. The van der Waals surface area contributed by atoms with Crippen LogP contribution in [0.1, 0.15) is 61.8 Å². The van der Waals surface area contributed by atoms with E-state index >= 15 is 0 Å². The number of sulfonamides is 1. The molecule has 3 amide bonds. The Morgan fingerprint density at radius 2 is 1.75 bits per heavy atom. The highest BCUT2D eigenvalue weighted by molar-refractivity contribution is 7.89. The number of ether oxygens (including phenoxy) is 4. The van der Waals surface area contributed by atoms with Crippen LogP contribution in [0.4, 0.5) is 16.2 Å². The first-order valence-corrected chi connectivity index (χ1v) is 18.4. The number of rotatable bonds is 8. The third-order valence-corrected chi connectivity index (χ3v) is 11.1. The van der Waals surface area contributed by atoms with E-state index < -0.39 is 34.1 Å². The van der Waals surface area contributed by atoms with Gasteiger partial charge in [-0.2, -0.15) is 4.31 Å². The number of carbonyl (C=O) groups excluding carboxylic acids is 2. The molecule has 278 valence electrons. The Kier molecular flexibility index (Phi) is 12.1. The molecule has 0 saturated heterocycles. The molecular formula is C35H47N5O10S. The number of aliphatic hydroxyl groups excluding tert-OH is 1. The normalized spacial score (nSPS) is 20.7. The van der Waals surface area contributed by atoms with Gasteiger partial charge in [0.25, 0.3) is 5.91 Å². The molecule has 3 heterocycles. The number of likely N-dealkylation sites (N-methyl/N-ethyl adjacent to an activating group) is 1. The predicted octanol–water partition coefficient (Wildman–Crippen LogP) is 4.78. The molecule has 16 heteroatoms. The largest absolute Gasteiger partial charge is 0.490 e. The summed E-state index contributed by atoms with van der Waals surface area (Å²) in [7, 11) is -2.48. The summed E-state index contributed by atoms with van der Waals surface area (Å²) in [6.45, 7) is 8.94. The molecular weight excluding hydrogens is 682 g/mol. The molecule has 5 rings (SSSR count). The van der Waals surface area contributed by atoms with E-state index in [0.29, 0.717) is 48.1 Å². The van der Waals surface area contributed by atoms with Gasteiger partial charge >= 0.3 is 6.03 Å². The number of nitrogens with one attached hydrogen (secondary N) is 2. The van der Waals surface area contributed by atoms with Crippen molar-refractivity contribution >= 4 is 33.3 Å². The zero-order chi connectivity index (χ0) is 36.9. The average Bonchev–Trinajstić information content (AvgIpc) is 3.70. The van der Waals surface area contributed by atoms with Gasteiger partial charge in [0, 0.05) is 50.1 Å². The first-order valence-electron chi connectivity index (χ1n) is 17.0. The molecule has 0 radical (unpaired) electrons. The van der Waals surface area contributed by atoms with E-state index in [1.807, 2.05) is 13.8 Å². The molecule has 3 N–H and O–H groups in total. The summed E-state index contributed by atoms with van der Waals surface area (Å²) in [6.07, 6.45) is 1.30. The first-order chi connectivity index (χ1) is 24.3. The number of nitrogens with zero attached hydrogens (tertiary/aromatic N) is 3. The van der Waals surface area contributed by atoms with Crippen LogP contribution in [0.3, 0.4) is 0 Å². The topological polar surface area (TPSA) is 182 Å². The van der Waals surface area contributed by atoms with Crippen molar-refractivity contribution < 1.29 is 46.6 Å². The zero-order valence-electron chi connectivity index (χ0n) is 29.8. The molecule has 2 aliphatic heterocycles. The van der Waals surface area contributed by atoms with Gasteiger partial charge in [0.2, 0.25) is 16.8 Å². The van der Waals surface area contributed by atoms with E-state index in [0.717, 1.165) is 6.42 Å². The molecule has 2 aliphatic rings. The van der Waals surface area contributed by atoms with Crippen LogP contribution in [-0.2, 0) is 14.8 Å². The summed E-state index contributed by atoms with van der Waals surface area (Å²) in [6, 6.07) is 8.74. The van der Waals surface area contributed by atoms with Crippen LogP contribution in [0.15, 0.2) is 45.8 Å². The van der Waals surface area contributed by atoms with Gasteiger partial charge in [-0.3, -0.25) is 4.79 Å². The molecule has 2 aromatic carbocycles. The SMILES string of the molecule is Cc1noc(C)c1S(=O)(=O)N(C)C[C@@H]1OCCCC[C@@H](C)Oc2ccc(NC(=O)Nc3ccc4c(c3)OCO4)cc2C(=O)N([C@H](C)CO)C[C@@H]1C. The van der Waals surface area contributed by atoms with E-state index in [9.17, 15) is 23.1 Å².